The molecule has 2 nitrogen and oxygen atoms in total. The van der Waals surface area contributed by atoms with E-state index in [1.165, 1.54) is 26.1 Å². The molecule has 0 unspecified atom stereocenters. The second-order valence-electron chi connectivity index (χ2n) is 4.75. The van der Waals surface area contributed by atoms with Crippen LogP contribution in [0.3, 0.4) is 0 Å². The molecule has 0 heterocycles. The number of nitrogens with zero attached hydrogens (tertiary/aromatic N) is 1. The largest absolute Gasteiger partial charge is 0.314 e. The zero-order valence-corrected chi connectivity index (χ0v) is 10.6. The van der Waals surface area contributed by atoms with Crippen molar-refractivity contribution in [3.8, 4) is 0 Å². The molecule has 1 N–H and O–H groups in total. The van der Waals surface area contributed by atoms with Crippen molar-refractivity contribution in [1.29, 1.82) is 0 Å². The SMILES string of the molecule is CCN(CCCNC(C)C)CC(C)C. The summed E-state index contributed by atoms with van der Waals surface area (Å²) in [6.07, 6.45) is 1.26. The van der Waals surface area contributed by atoms with Crippen LogP contribution in [0.25, 0.3) is 0 Å². The minimum atomic E-state index is 0.621. The Hall–Kier alpha value is -0.0800. The standard InChI is InChI=1S/C12H28N2/c1-6-14(10-11(2)3)9-7-8-13-12(4)5/h11-13H,6-10H2,1-5H3. The van der Waals surface area contributed by atoms with E-state index in [9.17, 15) is 0 Å². The van der Waals surface area contributed by atoms with Gasteiger partial charge in [0, 0.05) is 12.6 Å². The van der Waals surface area contributed by atoms with Crippen molar-refractivity contribution in [2.75, 3.05) is 26.2 Å². The molecule has 0 aromatic rings. The Kier molecular flexibility index (Phi) is 8.20. The normalized spacial score (nSPS) is 12.0. The second-order valence-corrected chi connectivity index (χ2v) is 4.75. The van der Waals surface area contributed by atoms with Crippen LogP contribution in [-0.4, -0.2) is 37.1 Å². The van der Waals surface area contributed by atoms with E-state index in [2.05, 4.69) is 44.8 Å². The Morgan fingerprint density at radius 1 is 1.14 bits per heavy atom. The highest BCUT2D eigenvalue weighted by atomic mass is 15.1. The lowest BCUT2D eigenvalue weighted by Crippen LogP contribution is -2.32. The summed E-state index contributed by atoms with van der Waals surface area (Å²) in [6.45, 7) is 16.0. The van der Waals surface area contributed by atoms with E-state index in [1.54, 1.807) is 0 Å². The molecule has 0 aliphatic heterocycles. The Balaban J connectivity index is 3.43. The van der Waals surface area contributed by atoms with Crippen LogP contribution in [0.15, 0.2) is 0 Å². The van der Waals surface area contributed by atoms with Crippen molar-refractivity contribution in [2.45, 2.75) is 47.1 Å². The van der Waals surface area contributed by atoms with E-state index in [0.29, 0.717) is 6.04 Å². The number of nitrogens with one attached hydrogen (secondary N) is 1. The fourth-order valence-corrected chi connectivity index (χ4v) is 1.59. The van der Waals surface area contributed by atoms with Gasteiger partial charge in [0.1, 0.15) is 0 Å². The van der Waals surface area contributed by atoms with Gasteiger partial charge in [-0.15, -0.1) is 0 Å². The number of hydrogen-bond acceptors (Lipinski definition) is 2. The lowest BCUT2D eigenvalue weighted by atomic mass is 10.2. The maximum atomic E-state index is 3.45. The maximum absolute atomic E-state index is 3.45. The first-order chi connectivity index (χ1) is 6.56. The van der Waals surface area contributed by atoms with E-state index in [1.807, 2.05) is 0 Å². The van der Waals surface area contributed by atoms with Gasteiger partial charge in [0.2, 0.25) is 0 Å². The number of hydrogen-bond donors (Lipinski definition) is 1. The zero-order valence-electron chi connectivity index (χ0n) is 10.6. The van der Waals surface area contributed by atoms with Crippen molar-refractivity contribution in [3.05, 3.63) is 0 Å². The van der Waals surface area contributed by atoms with E-state index >= 15 is 0 Å². The van der Waals surface area contributed by atoms with Gasteiger partial charge in [0.25, 0.3) is 0 Å². The van der Waals surface area contributed by atoms with Crippen LogP contribution in [0.5, 0.6) is 0 Å². The first kappa shape index (κ1) is 13.9. The predicted octanol–water partition coefficient (Wildman–Crippen LogP) is 2.35. The minimum absolute atomic E-state index is 0.621. The third-order valence-electron chi connectivity index (χ3n) is 2.27. The van der Waals surface area contributed by atoms with Gasteiger partial charge in [-0.1, -0.05) is 34.6 Å². The summed E-state index contributed by atoms with van der Waals surface area (Å²) in [5, 5.41) is 3.45. The quantitative estimate of drug-likeness (QED) is 0.605. The second kappa shape index (κ2) is 8.25. The summed E-state index contributed by atoms with van der Waals surface area (Å²) in [5.74, 6) is 0.785. The molecular weight excluding hydrogens is 172 g/mol. The molecule has 0 aromatic heterocycles. The highest BCUT2D eigenvalue weighted by Gasteiger charge is 2.04. The van der Waals surface area contributed by atoms with Crippen molar-refractivity contribution < 1.29 is 0 Å². The predicted molar refractivity (Wildman–Crippen MR) is 64.7 cm³/mol. The average Bonchev–Trinajstić information content (AvgIpc) is 2.09. The summed E-state index contributed by atoms with van der Waals surface area (Å²) >= 11 is 0. The smallest absolute Gasteiger partial charge is 0.00103 e. The summed E-state index contributed by atoms with van der Waals surface area (Å²) in [4.78, 5) is 2.53. The van der Waals surface area contributed by atoms with Gasteiger partial charge < -0.3 is 10.2 Å². The van der Waals surface area contributed by atoms with Crippen LogP contribution in [-0.2, 0) is 0 Å². The molecule has 0 amide bonds. The van der Waals surface area contributed by atoms with Crippen molar-refractivity contribution in [2.24, 2.45) is 5.92 Å². The molecule has 0 aromatic carbocycles. The highest BCUT2D eigenvalue weighted by molar-refractivity contribution is 4.60. The molecule has 0 aliphatic rings. The van der Waals surface area contributed by atoms with Gasteiger partial charge in [0.05, 0.1) is 0 Å². The molecule has 0 radical (unpaired) electrons. The van der Waals surface area contributed by atoms with Crippen LogP contribution in [0.2, 0.25) is 0 Å². The number of rotatable bonds is 8. The molecule has 2 heteroatoms. The molecule has 14 heavy (non-hydrogen) atoms. The Morgan fingerprint density at radius 2 is 1.79 bits per heavy atom. The van der Waals surface area contributed by atoms with Crippen molar-refractivity contribution in [1.82, 2.24) is 10.2 Å². The van der Waals surface area contributed by atoms with Gasteiger partial charge >= 0.3 is 0 Å². The third kappa shape index (κ3) is 8.52. The van der Waals surface area contributed by atoms with Gasteiger partial charge in [-0.05, 0) is 32.0 Å². The summed E-state index contributed by atoms with van der Waals surface area (Å²) in [6, 6.07) is 0.621. The van der Waals surface area contributed by atoms with E-state index in [4.69, 9.17) is 0 Å². The molecule has 0 rings (SSSR count). The summed E-state index contributed by atoms with van der Waals surface area (Å²) in [7, 11) is 0. The first-order valence-electron chi connectivity index (χ1n) is 6.02. The summed E-state index contributed by atoms with van der Waals surface area (Å²) in [5.41, 5.74) is 0. The van der Waals surface area contributed by atoms with Crippen LogP contribution in [0, 0.1) is 5.92 Å². The molecule has 0 saturated carbocycles. The lowest BCUT2D eigenvalue weighted by Gasteiger charge is -2.22. The molecule has 0 fully saturated rings. The molecule has 0 atom stereocenters. The molecule has 86 valence electrons. The maximum Gasteiger partial charge on any atom is 0.00103 e. The molecule has 0 spiro atoms. The minimum Gasteiger partial charge on any atom is -0.314 e. The van der Waals surface area contributed by atoms with Crippen LogP contribution in [0.4, 0.5) is 0 Å². The van der Waals surface area contributed by atoms with Gasteiger partial charge in [-0.3, -0.25) is 0 Å². The van der Waals surface area contributed by atoms with Crippen LogP contribution >= 0.6 is 0 Å². The molecular formula is C12H28N2. The third-order valence-corrected chi connectivity index (χ3v) is 2.27. The molecule has 0 bridgehead atoms. The highest BCUT2D eigenvalue weighted by Crippen LogP contribution is 1.99. The van der Waals surface area contributed by atoms with Crippen LogP contribution in [0.1, 0.15) is 41.0 Å². The zero-order chi connectivity index (χ0) is 11.0. The van der Waals surface area contributed by atoms with Crippen molar-refractivity contribution in [3.63, 3.8) is 0 Å². The Bertz CT molecular complexity index is 121. The first-order valence-corrected chi connectivity index (χ1v) is 6.02. The average molecular weight is 200 g/mol. The lowest BCUT2D eigenvalue weighted by molar-refractivity contribution is 0.251. The van der Waals surface area contributed by atoms with Gasteiger partial charge in [-0.25, -0.2) is 0 Å². The van der Waals surface area contributed by atoms with E-state index in [0.717, 1.165) is 12.5 Å². The van der Waals surface area contributed by atoms with E-state index in [-0.39, 0.29) is 0 Å². The van der Waals surface area contributed by atoms with E-state index < -0.39 is 0 Å². The fraction of sp³-hybridized carbons (Fsp3) is 1.00. The monoisotopic (exact) mass is 200 g/mol. The van der Waals surface area contributed by atoms with Gasteiger partial charge in [-0.2, -0.15) is 0 Å². The fourth-order valence-electron chi connectivity index (χ4n) is 1.59. The molecule has 0 saturated heterocycles. The van der Waals surface area contributed by atoms with Gasteiger partial charge in [0.15, 0.2) is 0 Å². The topological polar surface area (TPSA) is 15.3 Å². The van der Waals surface area contributed by atoms with Crippen LogP contribution < -0.4 is 5.32 Å². The van der Waals surface area contributed by atoms with Crippen molar-refractivity contribution >= 4 is 0 Å². The Labute approximate surface area is 90.1 Å². The Morgan fingerprint density at radius 3 is 2.21 bits per heavy atom. The molecule has 0 aliphatic carbocycles. The summed E-state index contributed by atoms with van der Waals surface area (Å²) < 4.78 is 0.